The van der Waals surface area contributed by atoms with Gasteiger partial charge in [-0.05, 0) is 24.6 Å². The van der Waals surface area contributed by atoms with Crippen LogP contribution in [0.15, 0.2) is 35.9 Å². The molecule has 0 aromatic heterocycles. The third-order valence-electron chi connectivity index (χ3n) is 1.96. The summed E-state index contributed by atoms with van der Waals surface area (Å²) >= 11 is 5.44. The lowest BCUT2D eigenvalue weighted by Gasteiger charge is -2.13. The smallest absolute Gasteiger partial charge is 0.262 e. The summed E-state index contributed by atoms with van der Waals surface area (Å²) in [5, 5.41) is 11.8. The average Bonchev–Trinajstić information content (AvgIpc) is 2.17. The van der Waals surface area contributed by atoms with Gasteiger partial charge >= 0.3 is 0 Å². The second kappa shape index (κ2) is 4.84. The fourth-order valence-corrected chi connectivity index (χ4v) is 1.21. The minimum Gasteiger partial charge on any atom is -0.508 e. The molecule has 0 aliphatic carbocycles. The van der Waals surface area contributed by atoms with E-state index in [0.717, 1.165) is 5.56 Å². The number of hydrogen-bond acceptors (Lipinski definition) is 2. The van der Waals surface area contributed by atoms with Gasteiger partial charge in [-0.25, -0.2) is 0 Å². The first-order valence-corrected chi connectivity index (χ1v) is 4.82. The number of halogens is 1. The van der Waals surface area contributed by atoms with Crippen LogP contribution in [0.2, 0.25) is 0 Å². The molecule has 1 atom stereocenters. The monoisotopic (exact) mass is 225 g/mol. The molecule has 0 saturated heterocycles. The molecule has 1 unspecified atom stereocenters. The quantitative estimate of drug-likeness (QED) is 0.776. The number of rotatable bonds is 3. The summed E-state index contributed by atoms with van der Waals surface area (Å²) in [6.45, 7) is 5.12. The Bertz CT molecular complexity index is 390. The van der Waals surface area contributed by atoms with E-state index in [1.165, 1.54) is 0 Å². The van der Waals surface area contributed by atoms with Gasteiger partial charge in [0.05, 0.1) is 11.1 Å². The maximum Gasteiger partial charge on any atom is 0.262 e. The second-order valence-electron chi connectivity index (χ2n) is 3.20. The lowest BCUT2D eigenvalue weighted by Crippen LogP contribution is -2.26. The number of carbonyl (C=O) groups is 1. The summed E-state index contributed by atoms with van der Waals surface area (Å²) in [6.07, 6.45) is 0. The summed E-state index contributed by atoms with van der Waals surface area (Å²) < 4.78 is 0. The highest BCUT2D eigenvalue weighted by Crippen LogP contribution is 2.18. The molecular weight excluding hydrogens is 214 g/mol. The van der Waals surface area contributed by atoms with Crippen LogP contribution >= 0.6 is 11.6 Å². The van der Waals surface area contributed by atoms with E-state index in [9.17, 15) is 9.90 Å². The highest BCUT2D eigenvalue weighted by Gasteiger charge is 2.10. The van der Waals surface area contributed by atoms with Crippen LogP contribution in [-0.4, -0.2) is 11.0 Å². The second-order valence-corrected chi connectivity index (χ2v) is 3.65. The normalized spacial score (nSPS) is 11.9. The lowest BCUT2D eigenvalue weighted by molar-refractivity contribution is -0.117. The van der Waals surface area contributed by atoms with Crippen LogP contribution in [0.25, 0.3) is 0 Å². The molecule has 0 bridgehead atoms. The Kier molecular flexibility index (Phi) is 3.74. The first-order valence-electron chi connectivity index (χ1n) is 4.45. The Morgan fingerprint density at radius 2 is 2.27 bits per heavy atom. The molecular formula is C11H12ClNO2. The summed E-state index contributed by atoms with van der Waals surface area (Å²) in [7, 11) is 0. The predicted molar refractivity (Wildman–Crippen MR) is 59.7 cm³/mol. The van der Waals surface area contributed by atoms with Crippen molar-refractivity contribution in [1.82, 2.24) is 5.32 Å². The number of aromatic hydroxyl groups is 1. The largest absolute Gasteiger partial charge is 0.508 e. The Hall–Kier alpha value is -1.48. The van der Waals surface area contributed by atoms with E-state index in [0.29, 0.717) is 0 Å². The average molecular weight is 226 g/mol. The fourth-order valence-electron chi connectivity index (χ4n) is 1.15. The first-order chi connectivity index (χ1) is 7.00. The van der Waals surface area contributed by atoms with Gasteiger partial charge in [0.15, 0.2) is 0 Å². The molecule has 80 valence electrons. The Morgan fingerprint density at radius 1 is 1.60 bits per heavy atom. The fraction of sp³-hybridized carbons (Fsp3) is 0.182. The minimum absolute atomic E-state index is 0.0537. The highest BCUT2D eigenvalue weighted by molar-refractivity contribution is 6.41. The van der Waals surface area contributed by atoms with Gasteiger partial charge in [0, 0.05) is 0 Å². The van der Waals surface area contributed by atoms with Crippen LogP contribution in [0, 0.1) is 0 Å². The van der Waals surface area contributed by atoms with Gasteiger partial charge in [-0.1, -0.05) is 30.3 Å². The Balaban J connectivity index is 2.73. The number of amides is 1. The van der Waals surface area contributed by atoms with E-state index in [4.69, 9.17) is 11.6 Å². The van der Waals surface area contributed by atoms with Crippen LogP contribution in [0.3, 0.4) is 0 Å². The number of phenolic OH excluding ortho intramolecular Hbond substituents is 1. The van der Waals surface area contributed by atoms with Crippen molar-refractivity contribution in [3.8, 4) is 5.75 Å². The molecule has 1 aromatic rings. The number of benzene rings is 1. The maximum atomic E-state index is 11.2. The zero-order valence-electron chi connectivity index (χ0n) is 8.33. The van der Waals surface area contributed by atoms with Gasteiger partial charge in [0.2, 0.25) is 0 Å². The predicted octanol–water partition coefficient (Wildman–Crippen LogP) is 2.32. The Labute approximate surface area is 93.4 Å². The molecule has 4 heteroatoms. The van der Waals surface area contributed by atoms with Gasteiger partial charge in [0.25, 0.3) is 5.91 Å². The number of hydrogen-bond donors (Lipinski definition) is 2. The van der Waals surface area contributed by atoms with Gasteiger partial charge in [-0.15, -0.1) is 0 Å². The lowest BCUT2D eigenvalue weighted by atomic mass is 10.1. The molecule has 0 spiro atoms. The summed E-state index contributed by atoms with van der Waals surface area (Å²) in [6, 6.07) is 6.45. The van der Waals surface area contributed by atoms with Gasteiger partial charge in [-0.3, -0.25) is 4.79 Å². The van der Waals surface area contributed by atoms with E-state index < -0.39 is 5.91 Å². The molecule has 0 radical (unpaired) electrons. The van der Waals surface area contributed by atoms with Crippen molar-refractivity contribution in [3.63, 3.8) is 0 Å². The topological polar surface area (TPSA) is 49.3 Å². The molecule has 3 nitrogen and oxygen atoms in total. The third kappa shape index (κ3) is 3.29. The molecule has 15 heavy (non-hydrogen) atoms. The summed E-state index contributed by atoms with van der Waals surface area (Å²) in [4.78, 5) is 11.2. The molecule has 0 fully saturated rings. The van der Waals surface area contributed by atoms with Crippen LogP contribution in [0.1, 0.15) is 18.5 Å². The van der Waals surface area contributed by atoms with Gasteiger partial charge < -0.3 is 10.4 Å². The summed E-state index contributed by atoms with van der Waals surface area (Å²) in [5.74, 6) is -0.245. The molecule has 0 heterocycles. The van der Waals surface area contributed by atoms with Crippen LogP contribution in [-0.2, 0) is 4.79 Å². The molecule has 1 rings (SSSR count). The van der Waals surface area contributed by atoms with Crippen LogP contribution in [0.5, 0.6) is 5.75 Å². The molecule has 1 amide bonds. The van der Waals surface area contributed by atoms with Crippen molar-refractivity contribution in [2.75, 3.05) is 0 Å². The molecule has 2 N–H and O–H groups in total. The van der Waals surface area contributed by atoms with E-state index in [1.54, 1.807) is 25.1 Å². The first kappa shape index (κ1) is 11.6. The zero-order chi connectivity index (χ0) is 11.4. The van der Waals surface area contributed by atoms with Crippen molar-refractivity contribution >= 4 is 17.5 Å². The number of phenols is 1. The van der Waals surface area contributed by atoms with Gasteiger partial charge in [-0.2, -0.15) is 0 Å². The van der Waals surface area contributed by atoms with E-state index in [1.807, 2.05) is 6.07 Å². The zero-order valence-corrected chi connectivity index (χ0v) is 9.08. The molecule has 0 aliphatic rings. The van der Waals surface area contributed by atoms with E-state index >= 15 is 0 Å². The van der Waals surface area contributed by atoms with Crippen LogP contribution in [0.4, 0.5) is 0 Å². The molecule has 0 aliphatic heterocycles. The van der Waals surface area contributed by atoms with Crippen molar-refractivity contribution in [2.24, 2.45) is 0 Å². The maximum absolute atomic E-state index is 11.2. The van der Waals surface area contributed by atoms with Crippen LogP contribution < -0.4 is 5.32 Å². The molecule has 1 aromatic carbocycles. The van der Waals surface area contributed by atoms with Gasteiger partial charge in [0.1, 0.15) is 5.75 Å². The SMILES string of the molecule is C=C(Cl)C(=O)NC(C)c1cccc(O)c1. The Morgan fingerprint density at radius 3 is 2.80 bits per heavy atom. The van der Waals surface area contributed by atoms with Crippen molar-refractivity contribution < 1.29 is 9.90 Å². The van der Waals surface area contributed by atoms with Crippen molar-refractivity contribution in [3.05, 3.63) is 41.4 Å². The summed E-state index contributed by atoms with van der Waals surface area (Å²) in [5.41, 5.74) is 0.807. The minimum atomic E-state index is -0.410. The van der Waals surface area contributed by atoms with Crippen molar-refractivity contribution in [2.45, 2.75) is 13.0 Å². The number of nitrogens with one attached hydrogen (secondary N) is 1. The van der Waals surface area contributed by atoms with E-state index in [2.05, 4.69) is 11.9 Å². The molecule has 0 saturated carbocycles. The van der Waals surface area contributed by atoms with E-state index in [-0.39, 0.29) is 16.8 Å². The third-order valence-corrected chi connectivity index (χ3v) is 2.14. The van der Waals surface area contributed by atoms with Crippen molar-refractivity contribution in [1.29, 1.82) is 0 Å². The highest BCUT2D eigenvalue weighted by atomic mass is 35.5. The number of carbonyl (C=O) groups excluding carboxylic acids is 1. The standard InChI is InChI=1S/C11H12ClNO2/c1-7(12)11(15)13-8(2)9-4-3-5-10(14)6-9/h3-6,8,14H,1H2,2H3,(H,13,15).